The number of methoxy groups -OCH3 is 1. The van der Waals surface area contributed by atoms with Gasteiger partial charge < -0.3 is 13.9 Å². The number of ether oxygens (including phenoxy) is 2. The first-order valence-electron chi connectivity index (χ1n) is 12.1. The van der Waals surface area contributed by atoms with Crippen molar-refractivity contribution in [2.75, 3.05) is 13.7 Å². The van der Waals surface area contributed by atoms with E-state index in [9.17, 15) is 19.7 Å². The summed E-state index contributed by atoms with van der Waals surface area (Å²) in [5.74, 6) is 0.317. The number of hydrogen-bond donors (Lipinski definition) is 0. The molecule has 0 saturated carbocycles. The number of nitro benzene ring substituents is 1. The van der Waals surface area contributed by atoms with E-state index in [1.165, 1.54) is 29.9 Å². The number of nitro groups is 1. The lowest BCUT2D eigenvalue weighted by atomic mass is 9.96. The molecule has 2 aromatic heterocycles. The number of rotatable bonds is 7. The third-order valence-corrected chi connectivity index (χ3v) is 7.61. The number of fused-ring (bicyclic) bond motifs is 1. The summed E-state index contributed by atoms with van der Waals surface area (Å²) in [6, 6.07) is 13.8. The van der Waals surface area contributed by atoms with E-state index in [4.69, 9.17) is 25.5 Å². The lowest BCUT2D eigenvalue weighted by Crippen LogP contribution is -2.40. The highest BCUT2D eigenvalue weighted by molar-refractivity contribution is 7.07. The summed E-state index contributed by atoms with van der Waals surface area (Å²) in [5, 5.41) is 12.0. The second kappa shape index (κ2) is 10.9. The van der Waals surface area contributed by atoms with Crippen LogP contribution in [-0.4, -0.2) is 29.2 Å². The summed E-state index contributed by atoms with van der Waals surface area (Å²) >= 11 is 7.65. The molecule has 0 radical (unpaired) electrons. The van der Waals surface area contributed by atoms with Crippen LogP contribution in [0.2, 0.25) is 5.02 Å². The fourth-order valence-electron chi connectivity index (χ4n) is 4.48. The molecular formula is C28H22ClN3O7S. The molecule has 0 bridgehead atoms. The third kappa shape index (κ3) is 4.85. The number of nitrogens with zero attached hydrogens (tertiary/aromatic N) is 3. The molecule has 0 aliphatic carbocycles. The van der Waals surface area contributed by atoms with E-state index in [0.29, 0.717) is 37.1 Å². The van der Waals surface area contributed by atoms with Crippen molar-refractivity contribution in [1.82, 2.24) is 4.57 Å². The van der Waals surface area contributed by atoms with Gasteiger partial charge in [-0.2, -0.15) is 0 Å². The third-order valence-electron chi connectivity index (χ3n) is 6.28. The van der Waals surface area contributed by atoms with E-state index >= 15 is 0 Å². The van der Waals surface area contributed by atoms with Gasteiger partial charge in [0.15, 0.2) is 4.80 Å². The average molecular weight is 580 g/mol. The Balaban J connectivity index is 1.64. The van der Waals surface area contributed by atoms with Gasteiger partial charge in [-0.15, -0.1) is 0 Å². The van der Waals surface area contributed by atoms with Crippen molar-refractivity contribution >= 4 is 40.7 Å². The van der Waals surface area contributed by atoms with Crippen LogP contribution in [0.1, 0.15) is 31.2 Å². The van der Waals surface area contributed by atoms with Crippen molar-refractivity contribution in [3.8, 4) is 17.1 Å². The fraction of sp³-hybridized carbons (Fsp3) is 0.179. The van der Waals surface area contributed by atoms with E-state index in [1.807, 2.05) is 0 Å². The van der Waals surface area contributed by atoms with Crippen LogP contribution >= 0.6 is 22.9 Å². The van der Waals surface area contributed by atoms with Gasteiger partial charge in [0.25, 0.3) is 11.2 Å². The first-order valence-corrected chi connectivity index (χ1v) is 13.3. The Morgan fingerprint density at radius 1 is 1.25 bits per heavy atom. The number of benzene rings is 2. The molecule has 1 aliphatic rings. The number of esters is 1. The maximum absolute atomic E-state index is 13.8. The second-order valence-corrected chi connectivity index (χ2v) is 10.1. The summed E-state index contributed by atoms with van der Waals surface area (Å²) in [6.45, 7) is 3.54. The maximum Gasteiger partial charge on any atom is 0.338 e. The Kier molecular flexibility index (Phi) is 7.42. The van der Waals surface area contributed by atoms with Gasteiger partial charge in [-0.1, -0.05) is 41.1 Å². The van der Waals surface area contributed by atoms with Crippen LogP contribution in [-0.2, 0) is 9.53 Å². The first-order chi connectivity index (χ1) is 19.2. The Morgan fingerprint density at radius 2 is 2.02 bits per heavy atom. The molecule has 0 amide bonds. The monoisotopic (exact) mass is 579 g/mol. The van der Waals surface area contributed by atoms with Crippen molar-refractivity contribution < 1.29 is 23.6 Å². The minimum Gasteiger partial charge on any atom is -0.497 e. The van der Waals surface area contributed by atoms with E-state index in [-0.39, 0.29) is 29.2 Å². The molecule has 40 heavy (non-hydrogen) atoms. The fourth-order valence-corrected chi connectivity index (χ4v) is 5.75. The number of furan rings is 1. The zero-order valence-corrected chi connectivity index (χ0v) is 23.1. The van der Waals surface area contributed by atoms with Crippen LogP contribution in [0.3, 0.4) is 0 Å². The number of halogens is 1. The van der Waals surface area contributed by atoms with E-state index in [1.54, 1.807) is 56.3 Å². The molecule has 3 heterocycles. The molecule has 10 nitrogen and oxygen atoms in total. The molecule has 12 heteroatoms. The number of aromatic nitrogens is 1. The SMILES string of the molecule is CCOC(=O)C1=C(C)N=c2sc(=Cc3ccc(-c4ccc(OC)cc4[N+](=O)[O-])o3)c(=O)n2[C@@H]1c1ccccc1Cl. The minimum atomic E-state index is -0.847. The maximum atomic E-state index is 13.8. The van der Waals surface area contributed by atoms with Crippen LogP contribution in [0.25, 0.3) is 17.4 Å². The highest BCUT2D eigenvalue weighted by atomic mass is 35.5. The molecule has 1 atom stereocenters. The number of allylic oxidation sites excluding steroid dienone is 1. The number of thiazole rings is 1. The lowest BCUT2D eigenvalue weighted by molar-refractivity contribution is -0.384. The molecule has 5 rings (SSSR count). The average Bonchev–Trinajstić information content (AvgIpc) is 3.52. The van der Waals surface area contributed by atoms with Gasteiger partial charge in [-0.05, 0) is 49.7 Å². The Morgan fingerprint density at radius 3 is 2.73 bits per heavy atom. The van der Waals surface area contributed by atoms with Crippen molar-refractivity contribution in [2.45, 2.75) is 19.9 Å². The standard InChI is InChI=1S/C28H22ClN3O7S/c1-4-38-27(34)24-15(2)30-28-31(25(24)18-7-5-6-8-20(18)29)26(33)23(40-28)14-17-10-12-22(39-17)19-11-9-16(37-3)13-21(19)32(35)36/h5-14,25H,4H2,1-3H3/t25-/m1/s1. The van der Waals surface area contributed by atoms with E-state index < -0.39 is 22.5 Å². The normalized spacial score (nSPS) is 15.0. The number of carbonyl (C=O) groups is 1. The Bertz CT molecular complexity index is 1870. The van der Waals surface area contributed by atoms with Crippen LogP contribution < -0.4 is 19.6 Å². The highest BCUT2D eigenvalue weighted by Crippen LogP contribution is 2.35. The van der Waals surface area contributed by atoms with Gasteiger partial charge in [-0.3, -0.25) is 19.5 Å². The van der Waals surface area contributed by atoms with Crippen LogP contribution in [0.4, 0.5) is 5.69 Å². The second-order valence-electron chi connectivity index (χ2n) is 8.67. The number of carbonyl (C=O) groups excluding carboxylic acids is 1. The van der Waals surface area contributed by atoms with Gasteiger partial charge in [0.1, 0.15) is 23.3 Å². The predicted molar refractivity (Wildman–Crippen MR) is 149 cm³/mol. The highest BCUT2D eigenvalue weighted by Gasteiger charge is 2.34. The number of hydrogen-bond acceptors (Lipinski definition) is 9. The molecule has 204 valence electrons. The van der Waals surface area contributed by atoms with Gasteiger partial charge >= 0.3 is 5.97 Å². The Labute approximate surface area is 236 Å². The molecule has 0 unspecified atom stereocenters. The quantitative estimate of drug-likeness (QED) is 0.177. The molecule has 0 fully saturated rings. The molecule has 0 N–H and O–H groups in total. The zero-order valence-electron chi connectivity index (χ0n) is 21.5. The molecule has 2 aromatic carbocycles. The Hall–Kier alpha value is -4.48. The van der Waals surface area contributed by atoms with Crippen LogP contribution in [0.5, 0.6) is 5.75 Å². The summed E-state index contributed by atoms with van der Waals surface area (Å²) in [4.78, 5) is 42.8. The molecule has 0 spiro atoms. The predicted octanol–water partition coefficient (Wildman–Crippen LogP) is 4.63. The minimum absolute atomic E-state index is 0.155. The van der Waals surface area contributed by atoms with Gasteiger partial charge in [0.2, 0.25) is 0 Å². The van der Waals surface area contributed by atoms with Gasteiger partial charge in [0.05, 0.1) is 46.1 Å². The van der Waals surface area contributed by atoms with Crippen LogP contribution in [0, 0.1) is 10.1 Å². The molecule has 4 aromatic rings. The summed E-state index contributed by atoms with van der Waals surface area (Å²) in [7, 11) is 1.42. The van der Waals surface area contributed by atoms with Crippen molar-refractivity contribution in [3.63, 3.8) is 0 Å². The van der Waals surface area contributed by atoms with Gasteiger partial charge in [0, 0.05) is 11.1 Å². The van der Waals surface area contributed by atoms with Crippen LogP contribution in [0.15, 0.2) is 80.1 Å². The van der Waals surface area contributed by atoms with Crippen molar-refractivity contribution in [2.24, 2.45) is 4.99 Å². The van der Waals surface area contributed by atoms with Gasteiger partial charge in [-0.25, -0.2) is 9.79 Å². The zero-order chi connectivity index (χ0) is 28.6. The lowest BCUT2D eigenvalue weighted by Gasteiger charge is -2.25. The van der Waals surface area contributed by atoms with Crippen molar-refractivity contribution in [1.29, 1.82) is 0 Å². The van der Waals surface area contributed by atoms with E-state index in [0.717, 1.165) is 11.3 Å². The summed E-state index contributed by atoms with van der Waals surface area (Å²) in [5.41, 5.74) is 0.878. The first kappa shape index (κ1) is 27.1. The molecular weight excluding hydrogens is 558 g/mol. The summed E-state index contributed by atoms with van der Waals surface area (Å²) in [6.07, 6.45) is 1.54. The largest absolute Gasteiger partial charge is 0.497 e. The smallest absolute Gasteiger partial charge is 0.338 e. The molecule has 1 aliphatic heterocycles. The summed E-state index contributed by atoms with van der Waals surface area (Å²) < 4.78 is 18.0. The topological polar surface area (TPSA) is 126 Å². The molecule has 0 saturated heterocycles. The van der Waals surface area contributed by atoms with E-state index in [2.05, 4.69) is 4.99 Å². The van der Waals surface area contributed by atoms with Crippen molar-refractivity contribution in [3.05, 3.63) is 112 Å².